The van der Waals surface area contributed by atoms with Crippen molar-refractivity contribution in [2.24, 2.45) is 0 Å². The van der Waals surface area contributed by atoms with Crippen molar-refractivity contribution in [3.8, 4) is 0 Å². The molecule has 0 aromatic carbocycles. The predicted molar refractivity (Wildman–Crippen MR) is 103 cm³/mol. The maximum Gasteiger partial charge on any atom is 0.261 e. The van der Waals surface area contributed by atoms with Crippen LogP contribution in [-0.4, -0.2) is 58.9 Å². The van der Waals surface area contributed by atoms with E-state index in [2.05, 4.69) is 20.4 Å². The fraction of sp³-hybridized carbons (Fsp3) is 0.632. The largest absolute Gasteiger partial charge is 0.395 e. The number of carbonyl (C=O) groups excluding carboxylic acids is 1. The molecule has 2 aliphatic heterocycles. The Labute approximate surface area is 167 Å². The molecule has 1 amide bonds. The van der Waals surface area contributed by atoms with Crippen molar-refractivity contribution in [3.63, 3.8) is 0 Å². The van der Waals surface area contributed by atoms with Crippen molar-refractivity contribution in [2.75, 3.05) is 32.8 Å². The van der Waals surface area contributed by atoms with E-state index in [1.165, 1.54) is 21.8 Å². The Morgan fingerprint density at radius 2 is 2.25 bits per heavy atom. The molecule has 1 fully saturated rings. The van der Waals surface area contributed by atoms with Crippen molar-refractivity contribution in [2.45, 2.75) is 44.8 Å². The molecule has 0 saturated carbocycles. The number of aromatic nitrogens is 2. The zero-order valence-electron chi connectivity index (χ0n) is 16.1. The molecule has 28 heavy (non-hydrogen) atoms. The van der Waals surface area contributed by atoms with Crippen LogP contribution in [0, 0.1) is 0 Å². The van der Waals surface area contributed by atoms with Gasteiger partial charge in [-0.05, 0) is 30.9 Å². The summed E-state index contributed by atoms with van der Waals surface area (Å²) in [6.07, 6.45) is 3.36. The van der Waals surface area contributed by atoms with Crippen molar-refractivity contribution < 1.29 is 19.2 Å². The van der Waals surface area contributed by atoms with Crippen LogP contribution in [0.15, 0.2) is 10.6 Å². The molecule has 1 saturated heterocycles. The minimum absolute atomic E-state index is 0.0557. The topological polar surface area (TPSA) is 101 Å². The Hall–Kier alpha value is -1.81. The van der Waals surface area contributed by atoms with Gasteiger partial charge in [-0.25, -0.2) is 0 Å². The monoisotopic (exact) mass is 406 g/mol. The SMILES string of the molecule is CCc1nc(CN2CCC3(CC2)OCCc2cc(C(=O)NCCO)sc23)no1. The minimum Gasteiger partial charge on any atom is -0.395 e. The average Bonchev–Trinajstić information content (AvgIpc) is 3.36. The Kier molecular flexibility index (Phi) is 5.77. The van der Waals surface area contributed by atoms with Gasteiger partial charge in [-0.15, -0.1) is 11.3 Å². The van der Waals surface area contributed by atoms with Crippen LogP contribution >= 0.6 is 11.3 Å². The van der Waals surface area contributed by atoms with Gasteiger partial charge in [-0.1, -0.05) is 12.1 Å². The Morgan fingerprint density at radius 3 is 2.96 bits per heavy atom. The van der Waals surface area contributed by atoms with E-state index in [-0.39, 0.29) is 24.7 Å². The van der Waals surface area contributed by atoms with Crippen molar-refractivity contribution in [1.82, 2.24) is 20.4 Å². The van der Waals surface area contributed by atoms with E-state index in [0.717, 1.165) is 44.6 Å². The van der Waals surface area contributed by atoms with Gasteiger partial charge in [0.15, 0.2) is 5.82 Å². The molecular weight excluding hydrogens is 380 g/mol. The number of fused-ring (bicyclic) bond motifs is 2. The van der Waals surface area contributed by atoms with Gasteiger partial charge in [0.05, 0.1) is 24.6 Å². The molecule has 8 nitrogen and oxygen atoms in total. The first-order valence-electron chi connectivity index (χ1n) is 9.83. The highest BCUT2D eigenvalue weighted by Crippen LogP contribution is 2.45. The van der Waals surface area contributed by atoms with Gasteiger partial charge in [0.1, 0.15) is 5.60 Å². The molecule has 0 bridgehead atoms. The second kappa shape index (κ2) is 8.28. The maximum absolute atomic E-state index is 12.3. The van der Waals surface area contributed by atoms with E-state index in [9.17, 15) is 4.79 Å². The van der Waals surface area contributed by atoms with Crippen LogP contribution in [0.2, 0.25) is 0 Å². The molecule has 4 heterocycles. The number of rotatable bonds is 6. The lowest BCUT2D eigenvalue weighted by Gasteiger charge is -2.43. The van der Waals surface area contributed by atoms with Gasteiger partial charge in [0.25, 0.3) is 5.91 Å². The number of nitrogens with zero attached hydrogens (tertiary/aromatic N) is 3. The van der Waals surface area contributed by atoms with Gasteiger partial charge in [-0.3, -0.25) is 9.69 Å². The highest BCUT2D eigenvalue weighted by molar-refractivity contribution is 7.14. The van der Waals surface area contributed by atoms with Gasteiger partial charge in [-0.2, -0.15) is 4.98 Å². The lowest BCUT2D eigenvalue weighted by molar-refractivity contribution is -0.0963. The minimum atomic E-state index is -0.296. The van der Waals surface area contributed by atoms with Crippen molar-refractivity contribution in [1.29, 1.82) is 0 Å². The predicted octanol–water partition coefficient (Wildman–Crippen LogP) is 1.48. The molecule has 9 heteroatoms. The van der Waals surface area contributed by atoms with E-state index in [1.54, 1.807) is 0 Å². The number of ether oxygens (including phenoxy) is 1. The number of piperidine rings is 1. The molecule has 0 aliphatic carbocycles. The maximum atomic E-state index is 12.3. The lowest BCUT2D eigenvalue weighted by atomic mass is 9.85. The zero-order chi connectivity index (χ0) is 19.6. The molecule has 2 aromatic heterocycles. The number of aliphatic hydroxyl groups excluding tert-OH is 1. The first-order valence-corrected chi connectivity index (χ1v) is 10.6. The van der Waals surface area contributed by atoms with Crippen LogP contribution in [0.4, 0.5) is 0 Å². The number of thiophene rings is 1. The molecule has 0 atom stereocenters. The fourth-order valence-corrected chi connectivity index (χ4v) is 5.26. The van der Waals surface area contributed by atoms with Crippen LogP contribution in [0.25, 0.3) is 0 Å². The summed E-state index contributed by atoms with van der Waals surface area (Å²) in [7, 11) is 0. The zero-order valence-corrected chi connectivity index (χ0v) is 16.9. The van der Waals surface area contributed by atoms with E-state index in [0.29, 0.717) is 23.9 Å². The molecule has 2 N–H and O–H groups in total. The Bertz CT molecular complexity index is 826. The van der Waals surface area contributed by atoms with E-state index >= 15 is 0 Å². The highest BCUT2D eigenvalue weighted by atomic mass is 32.1. The van der Waals surface area contributed by atoms with Crippen LogP contribution in [0.1, 0.15) is 51.6 Å². The summed E-state index contributed by atoms with van der Waals surface area (Å²) >= 11 is 1.53. The first kappa shape index (κ1) is 19.5. The molecule has 2 aromatic rings. The number of likely N-dealkylation sites (tertiary alicyclic amines) is 1. The van der Waals surface area contributed by atoms with E-state index < -0.39 is 0 Å². The third-order valence-corrected chi connectivity index (χ3v) is 6.80. The molecular formula is C19H26N4O4S. The van der Waals surface area contributed by atoms with E-state index in [4.69, 9.17) is 14.4 Å². The fourth-order valence-electron chi connectivity index (χ4n) is 3.93. The average molecular weight is 407 g/mol. The Balaban J connectivity index is 1.44. The summed E-state index contributed by atoms with van der Waals surface area (Å²) in [5.41, 5.74) is 0.931. The number of aliphatic hydroxyl groups is 1. The van der Waals surface area contributed by atoms with Crippen LogP contribution in [0.3, 0.4) is 0 Å². The summed E-state index contributed by atoms with van der Waals surface area (Å²) in [6, 6.07) is 1.99. The quantitative estimate of drug-likeness (QED) is 0.749. The molecule has 152 valence electrons. The second-order valence-electron chi connectivity index (χ2n) is 7.27. The van der Waals surface area contributed by atoms with Gasteiger partial charge < -0.3 is 19.7 Å². The summed E-state index contributed by atoms with van der Waals surface area (Å²) in [5, 5.41) is 15.7. The van der Waals surface area contributed by atoms with Gasteiger partial charge >= 0.3 is 0 Å². The number of amides is 1. The Morgan fingerprint density at radius 1 is 1.43 bits per heavy atom. The number of hydrogen-bond acceptors (Lipinski definition) is 8. The lowest BCUT2D eigenvalue weighted by Crippen LogP contribution is -2.45. The molecule has 0 radical (unpaired) electrons. The molecule has 1 spiro atoms. The third-order valence-electron chi connectivity index (χ3n) is 5.44. The molecule has 0 unspecified atom stereocenters. The smallest absolute Gasteiger partial charge is 0.261 e. The third kappa shape index (κ3) is 3.84. The van der Waals surface area contributed by atoms with E-state index in [1.807, 2.05) is 13.0 Å². The normalized spacial score (nSPS) is 18.9. The second-order valence-corrected chi connectivity index (χ2v) is 8.32. The van der Waals surface area contributed by atoms with Gasteiger partial charge in [0.2, 0.25) is 5.89 Å². The molecule has 2 aliphatic rings. The molecule has 4 rings (SSSR count). The first-order chi connectivity index (χ1) is 13.6. The summed E-state index contributed by atoms with van der Waals surface area (Å²) in [4.78, 5) is 20.9. The van der Waals surface area contributed by atoms with Crippen molar-refractivity contribution in [3.05, 3.63) is 33.1 Å². The number of aryl methyl sites for hydroxylation is 1. The van der Waals surface area contributed by atoms with Crippen molar-refractivity contribution >= 4 is 17.2 Å². The standard InChI is InChI=1S/C19H26N4O4S/c1-2-16-21-15(22-27-16)12-23-7-4-19(5-8-23)17-13(3-10-26-19)11-14(28-17)18(25)20-6-9-24/h11,24H,2-10,12H2,1H3,(H,20,25). The van der Waals surface area contributed by atoms with Crippen LogP contribution in [-0.2, 0) is 29.7 Å². The number of hydrogen-bond donors (Lipinski definition) is 2. The summed E-state index contributed by atoms with van der Waals surface area (Å²) < 4.78 is 11.5. The van der Waals surface area contributed by atoms with Gasteiger partial charge in [0, 0.05) is 30.9 Å². The van der Waals surface area contributed by atoms with Crippen LogP contribution < -0.4 is 5.32 Å². The summed E-state index contributed by atoms with van der Waals surface area (Å²) in [5.74, 6) is 1.29. The number of carbonyl (C=O) groups is 1. The van der Waals surface area contributed by atoms with Crippen LogP contribution in [0.5, 0.6) is 0 Å². The summed E-state index contributed by atoms with van der Waals surface area (Å²) in [6.45, 7) is 5.36. The highest BCUT2D eigenvalue weighted by Gasteiger charge is 2.42. The number of nitrogens with one attached hydrogen (secondary N) is 1.